The van der Waals surface area contributed by atoms with Crippen LogP contribution in [0.4, 0.5) is 5.69 Å². The largest absolute Gasteiger partial charge is 0.379 e. The van der Waals surface area contributed by atoms with Crippen LogP contribution in [0.1, 0.15) is 35.2 Å². The Morgan fingerprint density at radius 3 is 2.08 bits per heavy atom. The van der Waals surface area contributed by atoms with Gasteiger partial charge in [0, 0.05) is 36.3 Å². The third-order valence-corrected chi connectivity index (χ3v) is 6.08. The summed E-state index contributed by atoms with van der Waals surface area (Å²) in [5.41, 5.74) is 6.94. The van der Waals surface area contributed by atoms with Gasteiger partial charge in [0.15, 0.2) is 0 Å². The van der Waals surface area contributed by atoms with Crippen molar-refractivity contribution in [2.24, 2.45) is 5.73 Å². The van der Waals surface area contributed by atoms with E-state index in [4.69, 9.17) is 29.4 Å². The molecule has 1 atom stereocenters. The lowest BCUT2D eigenvalue weighted by Gasteiger charge is -2.29. The quantitative estimate of drug-likeness (QED) is 0.155. The molecule has 1 unspecified atom stereocenters. The van der Waals surface area contributed by atoms with Crippen molar-refractivity contribution in [3.8, 4) is 0 Å². The molecule has 1 fully saturated rings. The third-order valence-electron chi connectivity index (χ3n) is 6.08. The smallest absolute Gasteiger partial charge is 0.255 e. The highest BCUT2D eigenvalue weighted by Crippen LogP contribution is 2.32. The number of nitrogens with one attached hydrogen (secondary N) is 2. The molecule has 39 heavy (non-hydrogen) atoms. The van der Waals surface area contributed by atoms with E-state index in [1.54, 1.807) is 18.2 Å². The van der Waals surface area contributed by atoms with E-state index < -0.39 is 11.9 Å². The summed E-state index contributed by atoms with van der Waals surface area (Å²) < 4.78 is 26.8. The number of imide groups is 1. The van der Waals surface area contributed by atoms with E-state index in [9.17, 15) is 19.2 Å². The minimum atomic E-state index is -0.709. The summed E-state index contributed by atoms with van der Waals surface area (Å²) in [6, 6.07) is 4.37. The van der Waals surface area contributed by atoms with Crippen LogP contribution in [0.25, 0.3) is 0 Å². The van der Waals surface area contributed by atoms with Crippen LogP contribution in [0.15, 0.2) is 18.2 Å². The van der Waals surface area contributed by atoms with Crippen LogP contribution >= 0.6 is 0 Å². The Morgan fingerprint density at radius 2 is 1.49 bits per heavy atom. The van der Waals surface area contributed by atoms with Gasteiger partial charge in [0.05, 0.1) is 72.5 Å². The first-order valence-electron chi connectivity index (χ1n) is 13.2. The van der Waals surface area contributed by atoms with Gasteiger partial charge in [0.2, 0.25) is 17.7 Å². The fraction of sp³-hybridized carbons (Fsp3) is 0.615. The average molecular weight is 551 g/mol. The molecule has 4 amide bonds. The highest BCUT2D eigenvalue weighted by Gasteiger charge is 2.39. The Kier molecular flexibility index (Phi) is 13.3. The van der Waals surface area contributed by atoms with Gasteiger partial charge in [-0.3, -0.25) is 24.5 Å². The SMILES string of the molecule is NCCOCCOCCOCCOCCOCCC(=O)Nc1cccc2c1CN(C1CCC(=O)NC1=O)C2=O. The van der Waals surface area contributed by atoms with Gasteiger partial charge < -0.3 is 39.6 Å². The molecule has 0 bridgehead atoms. The molecule has 2 heterocycles. The predicted molar refractivity (Wildman–Crippen MR) is 139 cm³/mol. The minimum absolute atomic E-state index is 0.134. The molecule has 13 nitrogen and oxygen atoms in total. The van der Waals surface area contributed by atoms with Crippen molar-refractivity contribution in [1.29, 1.82) is 0 Å². The molecule has 13 heteroatoms. The maximum atomic E-state index is 12.9. The van der Waals surface area contributed by atoms with Gasteiger partial charge in [0.1, 0.15) is 6.04 Å². The molecule has 1 aromatic rings. The lowest BCUT2D eigenvalue weighted by atomic mass is 10.0. The van der Waals surface area contributed by atoms with E-state index in [0.29, 0.717) is 82.8 Å². The van der Waals surface area contributed by atoms with Gasteiger partial charge in [-0.25, -0.2) is 0 Å². The second-order valence-electron chi connectivity index (χ2n) is 8.88. The van der Waals surface area contributed by atoms with Crippen molar-refractivity contribution in [3.05, 3.63) is 29.3 Å². The number of fused-ring (bicyclic) bond motifs is 1. The van der Waals surface area contributed by atoms with Crippen molar-refractivity contribution < 1.29 is 42.9 Å². The maximum Gasteiger partial charge on any atom is 0.255 e. The summed E-state index contributed by atoms with van der Waals surface area (Å²) in [7, 11) is 0. The van der Waals surface area contributed by atoms with Gasteiger partial charge in [-0.15, -0.1) is 0 Å². The number of hydrogen-bond donors (Lipinski definition) is 3. The molecule has 0 aromatic heterocycles. The van der Waals surface area contributed by atoms with Gasteiger partial charge in [0.25, 0.3) is 5.91 Å². The van der Waals surface area contributed by atoms with E-state index >= 15 is 0 Å². The van der Waals surface area contributed by atoms with E-state index in [-0.39, 0.29) is 50.1 Å². The highest BCUT2D eigenvalue weighted by atomic mass is 16.6. The van der Waals surface area contributed by atoms with Crippen LogP contribution in [0, 0.1) is 0 Å². The topological polar surface area (TPSA) is 168 Å². The van der Waals surface area contributed by atoms with E-state index in [1.165, 1.54) is 4.90 Å². The molecule has 216 valence electrons. The second-order valence-corrected chi connectivity index (χ2v) is 8.88. The Hall–Kier alpha value is -2.94. The van der Waals surface area contributed by atoms with Crippen molar-refractivity contribution >= 4 is 29.3 Å². The van der Waals surface area contributed by atoms with Crippen molar-refractivity contribution in [1.82, 2.24) is 10.2 Å². The summed E-state index contributed by atoms with van der Waals surface area (Å²) in [4.78, 5) is 50.5. The number of carbonyl (C=O) groups excluding carboxylic acids is 4. The fourth-order valence-corrected chi connectivity index (χ4v) is 4.15. The zero-order chi connectivity index (χ0) is 27.9. The summed E-state index contributed by atoms with van der Waals surface area (Å²) in [6.07, 6.45) is 0.595. The van der Waals surface area contributed by atoms with E-state index in [0.717, 1.165) is 0 Å². The summed E-state index contributed by atoms with van der Waals surface area (Å²) in [5.74, 6) is -1.35. The normalized spacial score (nSPS) is 16.9. The number of ether oxygens (including phenoxy) is 5. The third kappa shape index (κ3) is 9.95. The summed E-state index contributed by atoms with van der Waals surface area (Å²) >= 11 is 0. The van der Waals surface area contributed by atoms with E-state index in [2.05, 4.69) is 10.6 Å². The van der Waals surface area contributed by atoms with Crippen LogP contribution in [0.5, 0.6) is 0 Å². The van der Waals surface area contributed by atoms with Crippen LogP contribution in [-0.4, -0.2) is 107 Å². The number of anilines is 1. The molecule has 0 saturated carbocycles. The van der Waals surface area contributed by atoms with E-state index in [1.807, 2.05) is 0 Å². The fourth-order valence-electron chi connectivity index (χ4n) is 4.15. The van der Waals surface area contributed by atoms with Gasteiger partial charge in [-0.05, 0) is 18.6 Å². The first-order chi connectivity index (χ1) is 19.0. The number of nitrogens with two attached hydrogens (primary N) is 1. The maximum absolute atomic E-state index is 12.9. The van der Waals surface area contributed by atoms with Gasteiger partial charge in [-0.2, -0.15) is 0 Å². The molecule has 0 spiro atoms. The van der Waals surface area contributed by atoms with Crippen LogP contribution in [0.2, 0.25) is 0 Å². The molecule has 1 saturated heterocycles. The lowest BCUT2D eigenvalue weighted by molar-refractivity contribution is -0.137. The first kappa shape index (κ1) is 30.6. The monoisotopic (exact) mass is 550 g/mol. The first-order valence-corrected chi connectivity index (χ1v) is 13.2. The number of nitrogens with zero attached hydrogens (tertiary/aromatic N) is 1. The standard InChI is InChI=1S/C26H38N4O9/c27-7-9-36-11-13-38-15-17-39-16-14-37-12-10-35-8-6-24(32)28-21-3-1-2-19-20(21)18-30(26(19)34)22-4-5-23(31)29-25(22)33/h1-3,22H,4-18,27H2,(H,28,32)(H,29,31,33). The average Bonchev–Trinajstić information content (AvgIpc) is 3.25. The molecule has 4 N–H and O–H groups in total. The molecule has 0 aliphatic carbocycles. The summed E-state index contributed by atoms with van der Waals surface area (Å²) in [5, 5.41) is 5.12. The zero-order valence-electron chi connectivity index (χ0n) is 22.1. The van der Waals surface area contributed by atoms with Crippen LogP contribution in [0.3, 0.4) is 0 Å². The molecule has 3 rings (SSSR count). The zero-order valence-corrected chi connectivity index (χ0v) is 22.1. The number of hydrogen-bond acceptors (Lipinski definition) is 10. The Bertz CT molecular complexity index is 975. The number of rotatable bonds is 19. The molecule has 0 radical (unpaired) electrons. The van der Waals surface area contributed by atoms with Crippen molar-refractivity contribution in [3.63, 3.8) is 0 Å². The Balaban J connectivity index is 1.24. The van der Waals surface area contributed by atoms with Gasteiger partial charge in [-0.1, -0.05) is 6.07 Å². The number of benzene rings is 1. The molecule has 1 aromatic carbocycles. The number of amides is 4. The lowest BCUT2D eigenvalue weighted by Crippen LogP contribution is -2.52. The number of piperidine rings is 1. The van der Waals surface area contributed by atoms with Crippen molar-refractivity contribution in [2.75, 3.05) is 77.9 Å². The van der Waals surface area contributed by atoms with Gasteiger partial charge >= 0.3 is 0 Å². The number of carbonyl (C=O) groups is 4. The molecule has 2 aliphatic rings. The minimum Gasteiger partial charge on any atom is -0.379 e. The Labute approximate surface area is 227 Å². The molecule has 2 aliphatic heterocycles. The van der Waals surface area contributed by atoms with Crippen LogP contribution < -0.4 is 16.4 Å². The van der Waals surface area contributed by atoms with Crippen LogP contribution in [-0.2, 0) is 44.6 Å². The molecular formula is C26H38N4O9. The van der Waals surface area contributed by atoms with Crippen molar-refractivity contribution in [2.45, 2.75) is 31.8 Å². The summed E-state index contributed by atoms with van der Waals surface area (Å²) in [6.45, 7) is 5.00. The second kappa shape index (κ2) is 16.9. The Morgan fingerprint density at radius 1 is 0.897 bits per heavy atom. The predicted octanol–water partition coefficient (Wildman–Crippen LogP) is -0.182. The molecular weight excluding hydrogens is 512 g/mol. The highest BCUT2D eigenvalue weighted by molar-refractivity contribution is 6.06.